The van der Waals surface area contributed by atoms with Crippen LogP contribution in [0.15, 0.2) is 24.4 Å². The van der Waals surface area contributed by atoms with Gasteiger partial charge in [0.1, 0.15) is 0 Å². The van der Waals surface area contributed by atoms with Crippen LogP contribution < -0.4 is 5.32 Å². The Hall–Kier alpha value is -0.930. The van der Waals surface area contributed by atoms with Crippen LogP contribution in [-0.2, 0) is 6.42 Å². The van der Waals surface area contributed by atoms with Crippen molar-refractivity contribution in [3.63, 3.8) is 0 Å². The first-order valence-electron chi connectivity index (χ1n) is 7.00. The maximum Gasteiger partial charge on any atom is 0.0416 e. The molecule has 1 saturated heterocycles. The largest absolute Gasteiger partial charge is 0.313 e. The molecule has 18 heavy (non-hydrogen) atoms. The number of nitrogens with one attached hydrogen (secondary N) is 1. The molecule has 0 spiro atoms. The molecule has 1 aliphatic rings. The first kappa shape index (κ1) is 13.5. The summed E-state index contributed by atoms with van der Waals surface area (Å²) in [6, 6.07) is 7.47. The van der Waals surface area contributed by atoms with E-state index in [1.165, 1.54) is 18.7 Å². The second-order valence-electron chi connectivity index (χ2n) is 5.63. The monoisotopic (exact) mass is 247 g/mol. The highest BCUT2D eigenvalue weighted by atomic mass is 15.2. The number of rotatable bonds is 4. The summed E-state index contributed by atoms with van der Waals surface area (Å²) < 4.78 is 0. The standard InChI is InChI=1S/C15H25N3/c1-12-11-18(3)13(2)10-15(12)17-9-7-14-6-4-5-8-16-14/h4-6,8,12-13,15,17H,7,9-11H2,1-3H3/t12-,13+,15-/m1/s1. The maximum atomic E-state index is 4.36. The molecule has 0 amide bonds. The van der Waals surface area contributed by atoms with Gasteiger partial charge in [-0.15, -0.1) is 0 Å². The van der Waals surface area contributed by atoms with Crippen LogP contribution in [0.3, 0.4) is 0 Å². The highest BCUT2D eigenvalue weighted by Gasteiger charge is 2.28. The summed E-state index contributed by atoms with van der Waals surface area (Å²) in [7, 11) is 2.23. The van der Waals surface area contributed by atoms with Crippen molar-refractivity contribution < 1.29 is 0 Å². The SMILES string of the molecule is C[C@@H]1CN(C)[C@@H](C)C[C@H]1NCCc1ccccn1. The first-order chi connectivity index (χ1) is 8.66. The second kappa shape index (κ2) is 6.30. The van der Waals surface area contributed by atoms with E-state index in [1.54, 1.807) is 0 Å². The Labute approximate surface area is 111 Å². The summed E-state index contributed by atoms with van der Waals surface area (Å²) in [5.74, 6) is 0.731. The third-order valence-electron chi connectivity index (χ3n) is 4.12. The fourth-order valence-corrected chi connectivity index (χ4v) is 2.76. The number of piperidine rings is 1. The van der Waals surface area contributed by atoms with Crippen molar-refractivity contribution in [1.82, 2.24) is 15.2 Å². The first-order valence-corrected chi connectivity index (χ1v) is 7.00. The van der Waals surface area contributed by atoms with Crippen LogP contribution in [0.2, 0.25) is 0 Å². The lowest BCUT2D eigenvalue weighted by Crippen LogP contribution is -2.51. The molecular formula is C15H25N3. The van der Waals surface area contributed by atoms with Gasteiger partial charge < -0.3 is 10.2 Å². The summed E-state index contributed by atoms with van der Waals surface area (Å²) in [5, 5.41) is 3.70. The van der Waals surface area contributed by atoms with Gasteiger partial charge in [-0.3, -0.25) is 4.98 Å². The van der Waals surface area contributed by atoms with E-state index in [-0.39, 0.29) is 0 Å². The highest BCUT2D eigenvalue weighted by Crippen LogP contribution is 2.20. The van der Waals surface area contributed by atoms with Gasteiger partial charge in [0.25, 0.3) is 0 Å². The second-order valence-corrected chi connectivity index (χ2v) is 5.63. The molecule has 0 aliphatic carbocycles. The van der Waals surface area contributed by atoms with Gasteiger partial charge in [-0.05, 0) is 38.4 Å². The molecule has 3 heteroatoms. The van der Waals surface area contributed by atoms with E-state index in [1.807, 2.05) is 12.3 Å². The van der Waals surface area contributed by atoms with Crippen molar-refractivity contribution in [2.45, 2.75) is 38.8 Å². The van der Waals surface area contributed by atoms with Crippen LogP contribution >= 0.6 is 0 Å². The zero-order chi connectivity index (χ0) is 13.0. The molecule has 100 valence electrons. The van der Waals surface area contributed by atoms with Gasteiger partial charge in [-0.25, -0.2) is 0 Å². The van der Waals surface area contributed by atoms with Gasteiger partial charge in [0, 0.05) is 43.5 Å². The van der Waals surface area contributed by atoms with Crippen LogP contribution in [0.5, 0.6) is 0 Å². The lowest BCUT2D eigenvalue weighted by atomic mass is 9.90. The average Bonchev–Trinajstić information content (AvgIpc) is 2.37. The molecule has 1 aromatic heterocycles. The van der Waals surface area contributed by atoms with Crippen molar-refractivity contribution in [3.05, 3.63) is 30.1 Å². The smallest absolute Gasteiger partial charge is 0.0416 e. The Morgan fingerprint density at radius 3 is 2.94 bits per heavy atom. The zero-order valence-electron chi connectivity index (χ0n) is 11.8. The fourth-order valence-electron chi connectivity index (χ4n) is 2.76. The summed E-state index contributed by atoms with van der Waals surface area (Å²) in [6.45, 7) is 6.89. The molecule has 1 fully saturated rings. The predicted molar refractivity (Wildman–Crippen MR) is 75.6 cm³/mol. The Morgan fingerprint density at radius 1 is 1.39 bits per heavy atom. The molecule has 0 bridgehead atoms. The molecule has 3 nitrogen and oxygen atoms in total. The summed E-state index contributed by atoms with van der Waals surface area (Å²) in [5.41, 5.74) is 1.18. The number of hydrogen-bond acceptors (Lipinski definition) is 3. The van der Waals surface area contributed by atoms with E-state index in [9.17, 15) is 0 Å². The Kier molecular flexibility index (Phi) is 4.72. The predicted octanol–water partition coefficient (Wildman–Crippen LogP) is 1.94. The van der Waals surface area contributed by atoms with Crippen molar-refractivity contribution in [3.8, 4) is 0 Å². The molecule has 3 atom stereocenters. The van der Waals surface area contributed by atoms with Gasteiger partial charge in [-0.1, -0.05) is 13.0 Å². The Balaban J connectivity index is 1.76. The summed E-state index contributed by atoms with van der Waals surface area (Å²) in [4.78, 5) is 6.82. The zero-order valence-corrected chi connectivity index (χ0v) is 11.8. The van der Waals surface area contributed by atoms with E-state index in [4.69, 9.17) is 0 Å². The molecule has 0 saturated carbocycles. The van der Waals surface area contributed by atoms with Gasteiger partial charge in [0.05, 0.1) is 0 Å². The van der Waals surface area contributed by atoms with Gasteiger partial charge >= 0.3 is 0 Å². The summed E-state index contributed by atoms with van der Waals surface area (Å²) in [6.07, 6.45) is 4.14. The van der Waals surface area contributed by atoms with Gasteiger partial charge in [-0.2, -0.15) is 0 Å². The number of hydrogen-bond donors (Lipinski definition) is 1. The van der Waals surface area contributed by atoms with Crippen molar-refractivity contribution in [2.75, 3.05) is 20.1 Å². The molecule has 0 aromatic carbocycles. The van der Waals surface area contributed by atoms with Crippen LogP contribution in [0.1, 0.15) is 26.0 Å². The Morgan fingerprint density at radius 2 is 2.22 bits per heavy atom. The fraction of sp³-hybridized carbons (Fsp3) is 0.667. The van der Waals surface area contributed by atoms with E-state index < -0.39 is 0 Å². The number of nitrogens with zero attached hydrogens (tertiary/aromatic N) is 2. The average molecular weight is 247 g/mol. The van der Waals surface area contributed by atoms with Crippen LogP contribution in [0.25, 0.3) is 0 Å². The van der Waals surface area contributed by atoms with E-state index in [2.05, 4.69) is 48.2 Å². The molecule has 2 heterocycles. The quantitative estimate of drug-likeness (QED) is 0.881. The summed E-state index contributed by atoms with van der Waals surface area (Å²) >= 11 is 0. The van der Waals surface area contributed by atoms with E-state index in [0.29, 0.717) is 12.1 Å². The maximum absolute atomic E-state index is 4.36. The molecule has 1 N–H and O–H groups in total. The molecule has 0 unspecified atom stereocenters. The lowest BCUT2D eigenvalue weighted by Gasteiger charge is -2.40. The minimum absolute atomic E-state index is 0.653. The third kappa shape index (κ3) is 3.53. The highest BCUT2D eigenvalue weighted by molar-refractivity contribution is 5.03. The topological polar surface area (TPSA) is 28.2 Å². The number of likely N-dealkylation sites (tertiary alicyclic amines) is 1. The van der Waals surface area contributed by atoms with Gasteiger partial charge in [0.15, 0.2) is 0 Å². The molecule has 2 rings (SSSR count). The van der Waals surface area contributed by atoms with Crippen molar-refractivity contribution in [2.24, 2.45) is 5.92 Å². The van der Waals surface area contributed by atoms with E-state index in [0.717, 1.165) is 18.9 Å². The third-order valence-corrected chi connectivity index (χ3v) is 4.12. The van der Waals surface area contributed by atoms with Crippen LogP contribution in [0.4, 0.5) is 0 Å². The Bertz CT molecular complexity index is 352. The lowest BCUT2D eigenvalue weighted by molar-refractivity contribution is 0.122. The number of aromatic nitrogens is 1. The van der Waals surface area contributed by atoms with Crippen molar-refractivity contribution >= 4 is 0 Å². The molecule has 1 aromatic rings. The number of pyridine rings is 1. The molecule has 1 aliphatic heterocycles. The minimum Gasteiger partial charge on any atom is -0.313 e. The van der Waals surface area contributed by atoms with Crippen LogP contribution in [0, 0.1) is 5.92 Å². The minimum atomic E-state index is 0.653. The molecular weight excluding hydrogens is 222 g/mol. The normalized spacial score (nSPS) is 29.4. The molecule has 0 radical (unpaired) electrons. The van der Waals surface area contributed by atoms with Gasteiger partial charge in [0.2, 0.25) is 0 Å². The van der Waals surface area contributed by atoms with Crippen molar-refractivity contribution in [1.29, 1.82) is 0 Å². The van der Waals surface area contributed by atoms with E-state index >= 15 is 0 Å². The van der Waals surface area contributed by atoms with Crippen LogP contribution in [-0.4, -0.2) is 42.1 Å².